The van der Waals surface area contributed by atoms with E-state index in [1.807, 2.05) is 0 Å². The lowest BCUT2D eigenvalue weighted by Gasteiger charge is -2.43. The van der Waals surface area contributed by atoms with Crippen molar-refractivity contribution in [1.29, 1.82) is 0 Å². The molecular weight excluding hydrogens is 465 g/mol. The van der Waals surface area contributed by atoms with Gasteiger partial charge in [-0.2, -0.15) is 0 Å². The number of carbonyl (C=O) groups is 1. The van der Waals surface area contributed by atoms with Gasteiger partial charge < -0.3 is 25.2 Å². The van der Waals surface area contributed by atoms with Crippen molar-refractivity contribution in [3.05, 3.63) is 65.6 Å². The number of aromatic amines is 1. The Morgan fingerprint density at radius 3 is 2.39 bits per heavy atom. The van der Waals surface area contributed by atoms with Crippen molar-refractivity contribution in [2.75, 3.05) is 6.61 Å². The molecule has 0 aliphatic carbocycles. The molecule has 0 radical (unpaired) electrons. The zero-order valence-corrected chi connectivity index (χ0v) is 17.5. The summed E-state index contributed by atoms with van der Waals surface area (Å²) in [6.07, 6.45) is -2.37. The van der Waals surface area contributed by atoms with Crippen molar-refractivity contribution in [3.63, 3.8) is 0 Å². The number of nitrogens with zero attached hydrogens (tertiary/aromatic N) is 1. The fourth-order valence-corrected chi connectivity index (χ4v) is 4.73. The number of hydrogen-bond donors (Lipinski definition) is 5. The van der Waals surface area contributed by atoms with Gasteiger partial charge in [-0.25, -0.2) is 18.0 Å². The highest BCUT2D eigenvalue weighted by Gasteiger charge is 2.46. The summed E-state index contributed by atoms with van der Waals surface area (Å²) in [5.41, 5.74) is -0.706. The second kappa shape index (κ2) is 9.23. The highest BCUT2D eigenvalue weighted by molar-refractivity contribution is 7.99. The van der Waals surface area contributed by atoms with Crippen molar-refractivity contribution in [3.8, 4) is 11.3 Å². The summed E-state index contributed by atoms with van der Waals surface area (Å²) in [5.74, 6) is -5.45. The maximum Gasteiger partial charge on any atom is 0.335 e. The van der Waals surface area contributed by atoms with E-state index in [0.717, 1.165) is 23.9 Å². The first kappa shape index (κ1) is 23.4. The zero-order chi connectivity index (χ0) is 23.9. The monoisotopic (exact) mass is 484 g/mol. The number of aliphatic hydroxyl groups excluding tert-OH is 3. The second-order valence-electron chi connectivity index (χ2n) is 7.46. The second-order valence-corrected chi connectivity index (χ2v) is 8.64. The predicted molar refractivity (Wildman–Crippen MR) is 110 cm³/mol. The largest absolute Gasteiger partial charge is 0.478 e. The maximum absolute atomic E-state index is 13.5. The molecule has 1 aliphatic heterocycles. The number of thioether (sulfide) groups is 1. The Labute approximate surface area is 189 Å². The molecule has 0 spiro atoms. The first-order valence-electron chi connectivity index (χ1n) is 9.73. The van der Waals surface area contributed by atoms with E-state index in [2.05, 4.69) is 5.10 Å². The number of carboxylic acid groups (broad SMARTS) is 1. The van der Waals surface area contributed by atoms with Crippen LogP contribution in [0.1, 0.15) is 16.4 Å². The molecule has 5 N–H and O–H groups in total. The van der Waals surface area contributed by atoms with E-state index in [1.54, 1.807) is 6.07 Å². The Balaban J connectivity index is 1.58. The van der Waals surface area contributed by atoms with E-state index in [0.29, 0.717) is 4.90 Å². The maximum atomic E-state index is 13.5. The molecule has 1 aromatic heterocycles. The molecule has 0 amide bonds. The van der Waals surface area contributed by atoms with Crippen LogP contribution in [0.25, 0.3) is 11.3 Å². The topological polar surface area (TPSA) is 128 Å². The molecule has 0 bridgehead atoms. The summed E-state index contributed by atoms with van der Waals surface area (Å²) < 4.78 is 47.2. The number of carboxylic acids is 1. The molecule has 33 heavy (non-hydrogen) atoms. The smallest absolute Gasteiger partial charge is 0.335 e. The van der Waals surface area contributed by atoms with Crippen molar-refractivity contribution < 1.29 is 43.1 Å². The van der Waals surface area contributed by atoms with Crippen LogP contribution in [0.5, 0.6) is 0 Å². The molecular formula is C21H19F3N2O6S. The molecule has 2 heterocycles. The van der Waals surface area contributed by atoms with Gasteiger partial charge in [-0.05, 0) is 30.3 Å². The van der Waals surface area contributed by atoms with E-state index in [4.69, 9.17) is 9.84 Å². The number of aliphatic hydroxyl groups is 3. The van der Waals surface area contributed by atoms with Gasteiger partial charge in [0.1, 0.15) is 29.8 Å². The number of aromatic carboxylic acids is 1. The standard InChI is InChI=1S/C21H19F3N2O6S/c22-12-5-10(6-13(23)16(12)24)14-7-26(25-14)17-18(28)15(8-27)32-21(19(17)29)33-11-3-1-2-9(4-11)20(30)31/h1-7,15,17-19,21,25,27-29H,8H2,(H,30,31)/t15?,17?,18-,19?,21+/m0/s1. The van der Waals surface area contributed by atoms with E-state index in [1.165, 1.54) is 29.1 Å². The molecule has 2 aromatic carbocycles. The number of aromatic nitrogens is 2. The predicted octanol–water partition coefficient (Wildman–Crippen LogP) is 2.37. The van der Waals surface area contributed by atoms with Crippen LogP contribution in [0.2, 0.25) is 0 Å². The number of rotatable bonds is 6. The quantitative estimate of drug-likeness (QED) is 0.340. The Morgan fingerprint density at radius 2 is 1.79 bits per heavy atom. The van der Waals surface area contributed by atoms with Crippen LogP contribution in [0, 0.1) is 17.5 Å². The van der Waals surface area contributed by atoms with Crippen LogP contribution in [0.3, 0.4) is 0 Å². The molecule has 176 valence electrons. The van der Waals surface area contributed by atoms with Gasteiger partial charge in [0.15, 0.2) is 17.5 Å². The summed E-state index contributed by atoms with van der Waals surface area (Å²) in [6, 6.07) is 6.53. The van der Waals surface area contributed by atoms with Crippen molar-refractivity contribution in [2.45, 2.75) is 34.7 Å². The Kier molecular flexibility index (Phi) is 6.54. The number of hydrogen-bond acceptors (Lipinski definition) is 6. The lowest BCUT2D eigenvalue weighted by atomic mass is 9.97. The van der Waals surface area contributed by atoms with Gasteiger partial charge in [0, 0.05) is 16.7 Å². The van der Waals surface area contributed by atoms with Crippen LogP contribution >= 0.6 is 11.8 Å². The zero-order valence-electron chi connectivity index (χ0n) is 16.7. The lowest BCUT2D eigenvalue weighted by molar-refractivity contribution is -0.179. The molecule has 1 saturated heterocycles. The average Bonchev–Trinajstić information content (AvgIpc) is 2.75. The summed E-state index contributed by atoms with van der Waals surface area (Å²) in [5, 5.41) is 43.0. The minimum atomic E-state index is -1.59. The van der Waals surface area contributed by atoms with Crippen molar-refractivity contribution >= 4 is 17.7 Å². The molecule has 0 saturated carbocycles. The van der Waals surface area contributed by atoms with Gasteiger partial charge in [-0.15, -0.1) is 0 Å². The average molecular weight is 484 g/mol. The third-order valence-electron chi connectivity index (χ3n) is 5.32. The van der Waals surface area contributed by atoms with Crippen LogP contribution in [0.15, 0.2) is 47.5 Å². The molecule has 3 aromatic rings. The number of benzene rings is 2. The first-order chi connectivity index (χ1) is 15.7. The molecule has 4 rings (SSSR count). The minimum absolute atomic E-state index is 0.0220. The molecule has 8 nitrogen and oxygen atoms in total. The van der Waals surface area contributed by atoms with E-state index < -0.39 is 59.8 Å². The Hall–Kier alpha value is -2.77. The Morgan fingerprint density at radius 1 is 1.12 bits per heavy atom. The normalized spacial score (nSPS) is 25.3. The Bertz CT molecular complexity index is 1130. The minimum Gasteiger partial charge on any atom is -0.478 e. The van der Waals surface area contributed by atoms with Crippen LogP contribution < -0.4 is 0 Å². The molecule has 1 fully saturated rings. The van der Waals surface area contributed by atoms with Gasteiger partial charge in [-0.3, -0.25) is 9.78 Å². The van der Waals surface area contributed by atoms with Gasteiger partial charge in [0.2, 0.25) is 0 Å². The number of H-pyrrole nitrogens is 1. The van der Waals surface area contributed by atoms with Gasteiger partial charge in [0.05, 0.1) is 17.9 Å². The fourth-order valence-electron chi connectivity index (χ4n) is 3.61. The number of nitrogens with one attached hydrogen (secondary N) is 1. The van der Waals surface area contributed by atoms with Crippen LogP contribution in [-0.2, 0) is 4.74 Å². The van der Waals surface area contributed by atoms with Crippen molar-refractivity contribution in [1.82, 2.24) is 9.78 Å². The highest BCUT2D eigenvalue weighted by atomic mass is 32.2. The van der Waals surface area contributed by atoms with Crippen LogP contribution in [-0.4, -0.2) is 66.5 Å². The highest BCUT2D eigenvalue weighted by Crippen LogP contribution is 2.39. The first-order valence-corrected chi connectivity index (χ1v) is 10.6. The van der Waals surface area contributed by atoms with E-state index in [-0.39, 0.29) is 16.8 Å². The third-order valence-corrected chi connectivity index (χ3v) is 6.46. The summed E-state index contributed by atoms with van der Waals surface area (Å²) in [7, 11) is 0. The summed E-state index contributed by atoms with van der Waals surface area (Å²) in [4.78, 5) is 11.7. The van der Waals surface area contributed by atoms with Crippen LogP contribution in [0.4, 0.5) is 13.2 Å². The SMILES string of the molecule is O=C(O)c1cccc(S[C@H]2OC(CO)[C@H](O)C(n3cc(-c4cc(F)c(F)c(F)c4)[nH]3)C2O)c1. The molecule has 12 heteroatoms. The molecule has 3 unspecified atom stereocenters. The molecule has 5 atom stereocenters. The summed E-state index contributed by atoms with van der Waals surface area (Å²) >= 11 is 1.01. The third kappa shape index (κ3) is 4.52. The fraction of sp³-hybridized carbons (Fsp3) is 0.286. The number of halogens is 3. The van der Waals surface area contributed by atoms with Gasteiger partial charge >= 0.3 is 5.97 Å². The van der Waals surface area contributed by atoms with Crippen molar-refractivity contribution in [2.24, 2.45) is 0 Å². The molecule has 1 aliphatic rings. The number of ether oxygens (including phenoxy) is 1. The van der Waals surface area contributed by atoms with E-state index >= 15 is 0 Å². The van der Waals surface area contributed by atoms with E-state index in [9.17, 15) is 33.3 Å². The lowest BCUT2D eigenvalue weighted by Crippen LogP contribution is -2.55. The van der Waals surface area contributed by atoms with Gasteiger partial charge in [-0.1, -0.05) is 17.8 Å². The summed E-state index contributed by atoms with van der Waals surface area (Å²) in [6.45, 7) is -0.560. The van der Waals surface area contributed by atoms with Gasteiger partial charge in [0.25, 0.3) is 0 Å².